The quantitative estimate of drug-likeness (QED) is 0.788. The van der Waals surface area contributed by atoms with Gasteiger partial charge in [0.1, 0.15) is 5.82 Å². The third-order valence-corrected chi connectivity index (χ3v) is 2.89. The van der Waals surface area contributed by atoms with Crippen LogP contribution < -0.4 is 5.73 Å². The van der Waals surface area contributed by atoms with Gasteiger partial charge in [0.05, 0.1) is 6.20 Å². The van der Waals surface area contributed by atoms with Gasteiger partial charge in [-0.05, 0) is 11.4 Å². The summed E-state index contributed by atoms with van der Waals surface area (Å²) in [6.45, 7) is 0. The van der Waals surface area contributed by atoms with E-state index in [4.69, 9.17) is 5.73 Å². The standard InChI is InChI=1S/C9H11N3S/c1-12-9(10)7(6-11-12)5-8-3-2-4-13-8/h2-4,6H,5,10H2,1H3. The van der Waals surface area contributed by atoms with Gasteiger partial charge >= 0.3 is 0 Å². The second kappa shape index (κ2) is 3.22. The average molecular weight is 193 g/mol. The lowest BCUT2D eigenvalue weighted by Gasteiger charge is -1.97. The maximum Gasteiger partial charge on any atom is 0.124 e. The SMILES string of the molecule is Cn1ncc(Cc2cccs2)c1N. The maximum absolute atomic E-state index is 5.82. The first-order valence-electron chi connectivity index (χ1n) is 4.06. The lowest BCUT2D eigenvalue weighted by molar-refractivity contribution is 0.779. The fraction of sp³-hybridized carbons (Fsp3) is 0.222. The second-order valence-corrected chi connectivity index (χ2v) is 3.97. The van der Waals surface area contributed by atoms with E-state index in [9.17, 15) is 0 Å². The molecule has 2 heterocycles. The molecule has 2 N–H and O–H groups in total. The Hall–Kier alpha value is -1.29. The summed E-state index contributed by atoms with van der Waals surface area (Å²) in [6.07, 6.45) is 2.71. The normalized spacial score (nSPS) is 10.5. The van der Waals surface area contributed by atoms with Gasteiger partial charge < -0.3 is 5.73 Å². The molecule has 0 aliphatic heterocycles. The van der Waals surface area contributed by atoms with Gasteiger partial charge in [-0.2, -0.15) is 5.10 Å². The van der Waals surface area contributed by atoms with E-state index in [-0.39, 0.29) is 0 Å². The van der Waals surface area contributed by atoms with Crippen LogP contribution in [-0.2, 0) is 13.5 Å². The van der Waals surface area contributed by atoms with Crippen molar-refractivity contribution in [2.75, 3.05) is 5.73 Å². The Morgan fingerprint density at radius 1 is 1.62 bits per heavy atom. The number of rotatable bonds is 2. The number of aromatic nitrogens is 2. The molecule has 0 saturated heterocycles. The molecule has 0 aliphatic carbocycles. The van der Waals surface area contributed by atoms with Crippen LogP contribution in [0.2, 0.25) is 0 Å². The highest BCUT2D eigenvalue weighted by atomic mass is 32.1. The number of thiophene rings is 1. The Morgan fingerprint density at radius 2 is 2.46 bits per heavy atom. The van der Waals surface area contributed by atoms with Gasteiger partial charge in [0.25, 0.3) is 0 Å². The van der Waals surface area contributed by atoms with E-state index in [2.05, 4.69) is 16.5 Å². The summed E-state index contributed by atoms with van der Waals surface area (Å²) in [5, 5.41) is 6.16. The number of anilines is 1. The van der Waals surface area contributed by atoms with Crippen molar-refractivity contribution in [1.82, 2.24) is 9.78 Å². The van der Waals surface area contributed by atoms with Gasteiger partial charge in [0.15, 0.2) is 0 Å². The van der Waals surface area contributed by atoms with Crippen molar-refractivity contribution in [1.29, 1.82) is 0 Å². The fourth-order valence-electron chi connectivity index (χ4n) is 1.23. The number of nitrogens with two attached hydrogens (primary N) is 1. The van der Waals surface area contributed by atoms with Crippen LogP contribution in [0.5, 0.6) is 0 Å². The van der Waals surface area contributed by atoms with Crippen molar-refractivity contribution in [3.05, 3.63) is 34.2 Å². The molecule has 0 spiro atoms. The van der Waals surface area contributed by atoms with Crippen LogP contribution in [0.3, 0.4) is 0 Å². The minimum absolute atomic E-state index is 0.758. The molecule has 3 nitrogen and oxygen atoms in total. The minimum atomic E-state index is 0.758. The molecule has 4 heteroatoms. The van der Waals surface area contributed by atoms with Crippen LogP contribution in [0, 0.1) is 0 Å². The molecule has 2 rings (SSSR count). The molecule has 0 bridgehead atoms. The van der Waals surface area contributed by atoms with Crippen molar-refractivity contribution >= 4 is 17.2 Å². The van der Waals surface area contributed by atoms with Gasteiger partial charge in [-0.3, -0.25) is 4.68 Å². The van der Waals surface area contributed by atoms with Gasteiger partial charge in [-0.1, -0.05) is 6.07 Å². The molecule has 0 saturated carbocycles. The highest BCUT2D eigenvalue weighted by Crippen LogP contribution is 2.18. The molecule has 2 aromatic heterocycles. The summed E-state index contributed by atoms with van der Waals surface area (Å²) in [5.74, 6) is 0.758. The number of hydrogen-bond acceptors (Lipinski definition) is 3. The summed E-state index contributed by atoms with van der Waals surface area (Å²) < 4.78 is 1.70. The highest BCUT2D eigenvalue weighted by Gasteiger charge is 2.05. The summed E-state index contributed by atoms with van der Waals surface area (Å²) >= 11 is 1.74. The second-order valence-electron chi connectivity index (χ2n) is 2.93. The number of nitrogen functional groups attached to an aromatic ring is 1. The van der Waals surface area contributed by atoms with Crippen molar-refractivity contribution in [2.24, 2.45) is 7.05 Å². The predicted molar refractivity (Wildman–Crippen MR) is 54.7 cm³/mol. The minimum Gasteiger partial charge on any atom is -0.384 e. The summed E-state index contributed by atoms with van der Waals surface area (Å²) in [6, 6.07) is 4.16. The molecule has 0 amide bonds. The molecule has 13 heavy (non-hydrogen) atoms. The zero-order chi connectivity index (χ0) is 9.26. The molecular formula is C9H11N3S. The van der Waals surface area contributed by atoms with Crippen molar-refractivity contribution < 1.29 is 0 Å². The zero-order valence-electron chi connectivity index (χ0n) is 7.40. The molecule has 0 fully saturated rings. The van der Waals surface area contributed by atoms with E-state index in [0.717, 1.165) is 17.8 Å². The van der Waals surface area contributed by atoms with Crippen molar-refractivity contribution in [3.63, 3.8) is 0 Å². The van der Waals surface area contributed by atoms with Crippen LogP contribution in [0.25, 0.3) is 0 Å². The van der Waals surface area contributed by atoms with Crippen LogP contribution in [0.4, 0.5) is 5.82 Å². The topological polar surface area (TPSA) is 43.8 Å². The third-order valence-electron chi connectivity index (χ3n) is 2.01. The Kier molecular flexibility index (Phi) is 2.06. The van der Waals surface area contributed by atoms with Gasteiger partial charge in [-0.25, -0.2) is 0 Å². The Balaban J connectivity index is 2.24. The molecule has 0 radical (unpaired) electrons. The van der Waals surface area contributed by atoms with Crippen LogP contribution in [0.15, 0.2) is 23.7 Å². The molecule has 0 aliphatic rings. The predicted octanol–water partition coefficient (Wildman–Crippen LogP) is 1.65. The van der Waals surface area contributed by atoms with E-state index in [0.29, 0.717) is 0 Å². The fourth-order valence-corrected chi connectivity index (χ4v) is 1.96. The van der Waals surface area contributed by atoms with E-state index in [1.807, 2.05) is 19.3 Å². The Morgan fingerprint density at radius 3 is 3.00 bits per heavy atom. The van der Waals surface area contributed by atoms with E-state index in [1.165, 1.54) is 4.88 Å². The van der Waals surface area contributed by atoms with Crippen LogP contribution >= 0.6 is 11.3 Å². The first-order valence-corrected chi connectivity index (χ1v) is 4.94. The highest BCUT2D eigenvalue weighted by molar-refractivity contribution is 7.09. The van der Waals surface area contributed by atoms with Crippen LogP contribution in [-0.4, -0.2) is 9.78 Å². The van der Waals surface area contributed by atoms with Crippen molar-refractivity contribution in [2.45, 2.75) is 6.42 Å². The largest absolute Gasteiger partial charge is 0.384 e. The Bertz CT molecular complexity index is 389. The molecule has 2 aromatic rings. The molecule has 0 unspecified atom stereocenters. The first kappa shape index (κ1) is 8.31. The lowest BCUT2D eigenvalue weighted by Crippen LogP contribution is -1.99. The zero-order valence-corrected chi connectivity index (χ0v) is 8.21. The Labute approximate surface area is 80.8 Å². The van der Waals surface area contributed by atoms with Gasteiger partial charge in [0.2, 0.25) is 0 Å². The van der Waals surface area contributed by atoms with Crippen LogP contribution in [0.1, 0.15) is 10.4 Å². The third kappa shape index (κ3) is 1.58. The number of aryl methyl sites for hydroxylation is 1. The summed E-state index contributed by atoms with van der Waals surface area (Å²) in [4.78, 5) is 1.32. The number of nitrogens with zero attached hydrogens (tertiary/aromatic N) is 2. The van der Waals surface area contributed by atoms with E-state index in [1.54, 1.807) is 16.0 Å². The monoisotopic (exact) mass is 193 g/mol. The number of hydrogen-bond donors (Lipinski definition) is 1. The van der Waals surface area contributed by atoms with E-state index < -0.39 is 0 Å². The van der Waals surface area contributed by atoms with Gasteiger partial charge in [-0.15, -0.1) is 11.3 Å². The molecule has 68 valence electrons. The smallest absolute Gasteiger partial charge is 0.124 e. The molecule has 0 atom stereocenters. The molecular weight excluding hydrogens is 182 g/mol. The lowest BCUT2D eigenvalue weighted by atomic mass is 10.2. The molecule has 0 aromatic carbocycles. The first-order chi connectivity index (χ1) is 6.27. The maximum atomic E-state index is 5.82. The van der Waals surface area contributed by atoms with E-state index >= 15 is 0 Å². The van der Waals surface area contributed by atoms with Gasteiger partial charge in [0, 0.05) is 23.9 Å². The van der Waals surface area contributed by atoms with Crippen molar-refractivity contribution in [3.8, 4) is 0 Å². The summed E-state index contributed by atoms with van der Waals surface area (Å²) in [5.41, 5.74) is 6.93. The average Bonchev–Trinajstić information content (AvgIpc) is 2.71. The summed E-state index contributed by atoms with van der Waals surface area (Å²) in [7, 11) is 1.85.